The van der Waals surface area contributed by atoms with E-state index in [1.54, 1.807) is 0 Å². The van der Waals surface area contributed by atoms with Crippen molar-refractivity contribution >= 4 is 0 Å². The summed E-state index contributed by atoms with van der Waals surface area (Å²) in [6.45, 7) is 8.80. The Morgan fingerprint density at radius 1 is 0.722 bits per heavy atom. The molecular formula is C18H22. The van der Waals surface area contributed by atoms with Gasteiger partial charge in [0, 0.05) is 0 Å². The lowest BCUT2D eigenvalue weighted by Crippen LogP contribution is -1.94. The molecule has 0 radical (unpaired) electrons. The first-order valence-corrected chi connectivity index (χ1v) is 6.74. The first-order chi connectivity index (χ1) is 8.60. The van der Waals surface area contributed by atoms with E-state index in [4.69, 9.17) is 0 Å². The van der Waals surface area contributed by atoms with Crippen LogP contribution in [0.1, 0.15) is 40.3 Å². The fourth-order valence-corrected chi connectivity index (χ4v) is 2.36. The van der Waals surface area contributed by atoms with Gasteiger partial charge in [-0.05, 0) is 67.0 Å². The molecule has 2 aromatic rings. The van der Waals surface area contributed by atoms with Gasteiger partial charge in [0.15, 0.2) is 0 Å². The van der Waals surface area contributed by atoms with Crippen LogP contribution in [0.25, 0.3) is 0 Å². The average molecular weight is 238 g/mol. The first kappa shape index (κ1) is 12.9. The number of hydrogen-bond acceptors (Lipinski definition) is 0. The summed E-state index contributed by atoms with van der Waals surface area (Å²) in [7, 11) is 0. The van der Waals surface area contributed by atoms with Crippen LogP contribution < -0.4 is 0 Å². The Morgan fingerprint density at radius 3 is 1.72 bits per heavy atom. The van der Waals surface area contributed by atoms with Crippen molar-refractivity contribution in [3.63, 3.8) is 0 Å². The van der Waals surface area contributed by atoms with E-state index in [9.17, 15) is 0 Å². The summed E-state index contributed by atoms with van der Waals surface area (Å²) in [5, 5.41) is 0. The lowest BCUT2D eigenvalue weighted by atomic mass is 9.96. The summed E-state index contributed by atoms with van der Waals surface area (Å²) in [4.78, 5) is 0. The molecule has 0 saturated heterocycles. The van der Waals surface area contributed by atoms with Gasteiger partial charge in [-0.1, -0.05) is 43.3 Å². The van der Waals surface area contributed by atoms with Gasteiger partial charge in [0.2, 0.25) is 0 Å². The van der Waals surface area contributed by atoms with Crippen molar-refractivity contribution in [2.24, 2.45) is 0 Å². The molecule has 18 heavy (non-hydrogen) atoms. The zero-order valence-electron chi connectivity index (χ0n) is 11.9. The van der Waals surface area contributed by atoms with Crippen LogP contribution >= 0.6 is 0 Å². The number of hydrogen-bond donors (Lipinski definition) is 0. The molecule has 0 unspecified atom stereocenters. The highest BCUT2D eigenvalue weighted by atomic mass is 14.1. The van der Waals surface area contributed by atoms with Crippen LogP contribution in [0.3, 0.4) is 0 Å². The zero-order chi connectivity index (χ0) is 13.1. The molecule has 0 bridgehead atoms. The third-order valence-electron chi connectivity index (χ3n) is 3.83. The van der Waals surface area contributed by atoms with E-state index in [0.29, 0.717) is 0 Å². The molecular weight excluding hydrogens is 216 g/mol. The predicted octanol–water partition coefficient (Wildman–Crippen LogP) is 4.77. The van der Waals surface area contributed by atoms with E-state index in [1.807, 2.05) is 0 Å². The predicted molar refractivity (Wildman–Crippen MR) is 79.3 cm³/mol. The highest BCUT2D eigenvalue weighted by Crippen LogP contribution is 2.18. The summed E-state index contributed by atoms with van der Waals surface area (Å²) in [5.74, 6) is 0. The van der Waals surface area contributed by atoms with E-state index in [-0.39, 0.29) is 0 Å². The molecule has 0 saturated carbocycles. The van der Waals surface area contributed by atoms with Crippen LogP contribution in [-0.2, 0) is 12.8 Å². The van der Waals surface area contributed by atoms with Gasteiger partial charge in [-0.3, -0.25) is 0 Å². The van der Waals surface area contributed by atoms with Crippen LogP contribution in [0.5, 0.6) is 0 Å². The van der Waals surface area contributed by atoms with Crippen LogP contribution in [0.4, 0.5) is 0 Å². The van der Waals surface area contributed by atoms with Gasteiger partial charge in [-0.25, -0.2) is 0 Å². The smallest absolute Gasteiger partial charge is 0.00256 e. The maximum Gasteiger partial charge on any atom is -0.00256 e. The fourth-order valence-electron chi connectivity index (χ4n) is 2.36. The van der Waals surface area contributed by atoms with E-state index in [2.05, 4.69) is 64.1 Å². The summed E-state index contributed by atoms with van der Waals surface area (Å²) in [5.41, 5.74) is 8.44. The van der Waals surface area contributed by atoms with E-state index in [1.165, 1.54) is 33.4 Å². The lowest BCUT2D eigenvalue weighted by Gasteiger charge is -2.09. The third-order valence-corrected chi connectivity index (χ3v) is 3.83. The highest BCUT2D eigenvalue weighted by molar-refractivity contribution is 5.39. The van der Waals surface area contributed by atoms with Crippen LogP contribution in [0.15, 0.2) is 36.4 Å². The Morgan fingerprint density at radius 2 is 1.22 bits per heavy atom. The Labute approximate surface area is 111 Å². The summed E-state index contributed by atoms with van der Waals surface area (Å²) in [6, 6.07) is 13.6. The quantitative estimate of drug-likeness (QED) is 0.723. The molecule has 0 spiro atoms. The maximum absolute atomic E-state index is 2.32. The summed E-state index contributed by atoms with van der Waals surface area (Å²) < 4.78 is 0. The van der Waals surface area contributed by atoms with Crippen LogP contribution in [0, 0.1) is 20.8 Å². The van der Waals surface area contributed by atoms with Gasteiger partial charge in [-0.2, -0.15) is 0 Å². The molecule has 0 aliphatic heterocycles. The van der Waals surface area contributed by atoms with Crippen molar-refractivity contribution in [2.75, 3.05) is 0 Å². The molecule has 0 atom stereocenters. The molecule has 0 heterocycles. The Kier molecular flexibility index (Phi) is 3.86. The molecule has 0 fully saturated rings. The Balaban J connectivity index is 2.23. The van der Waals surface area contributed by atoms with E-state index >= 15 is 0 Å². The second kappa shape index (κ2) is 5.39. The van der Waals surface area contributed by atoms with Gasteiger partial charge < -0.3 is 0 Å². The molecule has 0 heteroatoms. The fraction of sp³-hybridized carbons (Fsp3) is 0.333. The van der Waals surface area contributed by atoms with Crippen molar-refractivity contribution in [2.45, 2.75) is 40.5 Å². The maximum atomic E-state index is 2.32. The van der Waals surface area contributed by atoms with E-state index < -0.39 is 0 Å². The second-order valence-corrected chi connectivity index (χ2v) is 5.20. The number of benzene rings is 2. The van der Waals surface area contributed by atoms with Gasteiger partial charge in [0.25, 0.3) is 0 Å². The molecule has 2 aromatic carbocycles. The molecule has 0 amide bonds. The van der Waals surface area contributed by atoms with Crippen molar-refractivity contribution in [3.05, 3.63) is 69.8 Å². The van der Waals surface area contributed by atoms with Crippen molar-refractivity contribution < 1.29 is 0 Å². The third kappa shape index (κ3) is 2.81. The normalized spacial score (nSPS) is 10.7. The van der Waals surface area contributed by atoms with Crippen LogP contribution in [0.2, 0.25) is 0 Å². The van der Waals surface area contributed by atoms with Crippen molar-refractivity contribution in [1.82, 2.24) is 0 Å². The summed E-state index contributed by atoms with van der Waals surface area (Å²) >= 11 is 0. The Bertz CT molecular complexity index is 509. The Hall–Kier alpha value is -1.56. The highest BCUT2D eigenvalue weighted by Gasteiger charge is 2.02. The second-order valence-electron chi connectivity index (χ2n) is 5.20. The molecule has 0 N–H and O–H groups in total. The average Bonchev–Trinajstić information content (AvgIpc) is 2.37. The van der Waals surface area contributed by atoms with Crippen LogP contribution in [-0.4, -0.2) is 0 Å². The molecule has 0 aliphatic rings. The van der Waals surface area contributed by atoms with Gasteiger partial charge in [0.05, 0.1) is 0 Å². The minimum atomic E-state index is 1.03. The van der Waals surface area contributed by atoms with Crippen molar-refractivity contribution in [1.29, 1.82) is 0 Å². The minimum Gasteiger partial charge on any atom is -0.0613 e. The lowest BCUT2D eigenvalue weighted by molar-refractivity contribution is 1.11. The molecule has 0 aromatic heterocycles. The van der Waals surface area contributed by atoms with Gasteiger partial charge in [0.1, 0.15) is 0 Å². The molecule has 0 nitrogen and oxygen atoms in total. The zero-order valence-corrected chi connectivity index (χ0v) is 11.9. The topological polar surface area (TPSA) is 0 Å². The van der Waals surface area contributed by atoms with Gasteiger partial charge in [-0.15, -0.1) is 0 Å². The molecule has 0 aliphatic carbocycles. The number of rotatable bonds is 3. The largest absolute Gasteiger partial charge is 0.0613 e. The van der Waals surface area contributed by atoms with Gasteiger partial charge >= 0.3 is 0 Å². The molecule has 2 rings (SSSR count). The number of aryl methyl sites for hydroxylation is 3. The SMILES string of the molecule is CCc1ccc(Cc2cc(C)c(C)c(C)c2)cc1. The monoisotopic (exact) mass is 238 g/mol. The molecule has 94 valence electrons. The first-order valence-electron chi connectivity index (χ1n) is 6.74. The van der Waals surface area contributed by atoms with Crippen molar-refractivity contribution in [3.8, 4) is 0 Å². The summed E-state index contributed by atoms with van der Waals surface area (Å²) in [6.07, 6.45) is 2.15. The minimum absolute atomic E-state index is 1.03. The standard InChI is InChI=1S/C18H22/c1-5-16-6-8-17(9-7-16)12-18-10-13(2)15(4)14(3)11-18/h6-11H,5,12H2,1-4H3. The van der Waals surface area contributed by atoms with E-state index in [0.717, 1.165) is 12.8 Å².